The first-order chi connectivity index (χ1) is 7.06. The monoisotopic (exact) mass is 212 g/mol. The van der Waals surface area contributed by atoms with E-state index in [2.05, 4.69) is 4.98 Å². The van der Waals surface area contributed by atoms with Gasteiger partial charge in [-0.25, -0.2) is 8.78 Å². The first-order valence-corrected chi connectivity index (χ1v) is 3.94. The minimum atomic E-state index is -2.88. The first-order valence-electron chi connectivity index (χ1n) is 3.94. The maximum Gasteiger partial charge on any atom is 0.307 e. The van der Waals surface area contributed by atoms with Crippen molar-refractivity contribution in [1.29, 1.82) is 5.26 Å². The molecule has 78 valence electrons. The molecule has 0 aliphatic carbocycles. The zero-order valence-corrected chi connectivity index (χ0v) is 7.44. The van der Waals surface area contributed by atoms with Gasteiger partial charge in [-0.15, -0.1) is 0 Å². The number of nitriles is 1. The average Bonchev–Trinajstić information content (AvgIpc) is 2.16. The number of carbonyl (C=O) groups is 1. The molecule has 0 fully saturated rings. The summed E-state index contributed by atoms with van der Waals surface area (Å²) in [4.78, 5) is 13.8. The highest BCUT2D eigenvalue weighted by atomic mass is 19.3. The summed E-state index contributed by atoms with van der Waals surface area (Å²) in [7, 11) is 0. The lowest BCUT2D eigenvalue weighted by Gasteiger charge is -2.06. The Morgan fingerprint density at radius 3 is 2.80 bits per heavy atom. The molecule has 0 amide bonds. The Morgan fingerprint density at radius 2 is 2.33 bits per heavy atom. The van der Waals surface area contributed by atoms with Gasteiger partial charge in [0, 0.05) is 11.8 Å². The van der Waals surface area contributed by atoms with Crippen LogP contribution < -0.4 is 0 Å². The van der Waals surface area contributed by atoms with Gasteiger partial charge in [-0.05, 0) is 6.07 Å². The Hall–Kier alpha value is -2.03. The summed E-state index contributed by atoms with van der Waals surface area (Å²) in [6.45, 7) is 0. The van der Waals surface area contributed by atoms with Gasteiger partial charge in [0.1, 0.15) is 5.69 Å². The Balaban J connectivity index is 3.28. The van der Waals surface area contributed by atoms with Crippen LogP contribution in [0.2, 0.25) is 0 Å². The van der Waals surface area contributed by atoms with E-state index in [1.165, 1.54) is 6.07 Å². The maximum absolute atomic E-state index is 12.4. The lowest BCUT2D eigenvalue weighted by atomic mass is 10.0. The molecule has 0 unspecified atom stereocenters. The van der Waals surface area contributed by atoms with E-state index < -0.39 is 24.5 Å². The van der Waals surface area contributed by atoms with Crippen LogP contribution >= 0.6 is 0 Å². The molecule has 0 saturated carbocycles. The van der Waals surface area contributed by atoms with E-state index in [-0.39, 0.29) is 11.1 Å². The van der Waals surface area contributed by atoms with Gasteiger partial charge in [-0.2, -0.15) is 5.26 Å². The fraction of sp³-hybridized carbons (Fsp3) is 0.222. The number of hydrogen-bond donors (Lipinski definition) is 1. The average molecular weight is 212 g/mol. The number of nitrogens with zero attached hydrogens (tertiary/aromatic N) is 2. The highest BCUT2D eigenvalue weighted by Crippen LogP contribution is 2.23. The molecule has 15 heavy (non-hydrogen) atoms. The Bertz CT molecular complexity index is 427. The summed E-state index contributed by atoms with van der Waals surface area (Å²) < 4.78 is 24.9. The van der Waals surface area contributed by atoms with Crippen molar-refractivity contribution < 1.29 is 18.7 Å². The van der Waals surface area contributed by atoms with Crippen molar-refractivity contribution in [2.45, 2.75) is 12.8 Å². The molecular weight excluding hydrogens is 206 g/mol. The van der Waals surface area contributed by atoms with E-state index in [1.807, 2.05) is 0 Å². The Morgan fingerprint density at radius 1 is 1.67 bits per heavy atom. The van der Waals surface area contributed by atoms with Crippen LogP contribution in [-0.4, -0.2) is 16.1 Å². The number of alkyl halides is 2. The minimum absolute atomic E-state index is 0.0808. The van der Waals surface area contributed by atoms with Crippen molar-refractivity contribution in [3.63, 3.8) is 0 Å². The van der Waals surface area contributed by atoms with Gasteiger partial charge in [0.05, 0.1) is 18.1 Å². The van der Waals surface area contributed by atoms with E-state index >= 15 is 0 Å². The van der Waals surface area contributed by atoms with Crippen LogP contribution in [0.5, 0.6) is 0 Å². The van der Waals surface area contributed by atoms with Crippen LogP contribution in [0.25, 0.3) is 0 Å². The fourth-order valence-electron chi connectivity index (χ4n) is 1.14. The molecule has 1 N–H and O–H groups in total. The van der Waals surface area contributed by atoms with Gasteiger partial charge in [-0.3, -0.25) is 9.78 Å². The van der Waals surface area contributed by atoms with Crippen LogP contribution in [0.4, 0.5) is 8.78 Å². The number of hydrogen-bond acceptors (Lipinski definition) is 3. The number of rotatable bonds is 3. The number of aliphatic carboxylic acids is 1. The van der Waals surface area contributed by atoms with Gasteiger partial charge < -0.3 is 5.11 Å². The molecule has 0 saturated heterocycles. The van der Waals surface area contributed by atoms with Crippen molar-refractivity contribution in [1.82, 2.24) is 4.98 Å². The second kappa shape index (κ2) is 4.46. The normalized spacial score (nSPS) is 10.0. The zero-order chi connectivity index (χ0) is 11.4. The summed E-state index contributed by atoms with van der Waals surface area (Å²) in [5.74, 6) is -1.28. The summed E-state index contributed by atoms with van der Waals surface area (Å²) in [6, 6.07) is 2.87. The summed E-state index contributed by atoms with van der Waals surface area (Å²) in [5.41, 5.74) is -0.943. The molecule has 0 aliphatic heterocycles. The molecule has 1 aromatic rings. The van der Waals surface area contributed by atoms with Gasteiger partial charge >= 0.3 is 5.97 Å². The molecule has 0 atom stereocenters. The topological polar surface area (TPSA) is 74.0 Å². The third kappa shape index (κ3) is 2.47. The molecule has 0 aromatic carbocycles. The second-order valence-electron chi connectivity index (χ2n) is 2.71. The highest BCUT2D eigenvalue weighted by Gasteiger charge is 2.19. The smallest absolute Gasteiger partial charge is 0.307 e. The minimum Gasteiger partial charge on any atom is -0.481 e. The standard InChI is InChI=1S/C9H6F2N2O2/c10-9(11)8-6(3-7(14)15)5(4-12)1-2-13-8/h1-2,9H,3H2,(H,14,15). The van der Waals surface area contributed by atoms with Crippen molar-refractivity contribution >= 4 is 5.97 Å². The van der Waals surface area contributed by atoms with E-state index in [1.54, 1.807) is 6.07 Å². The third-order valence-corrected chi connectivity index (χ3v) is 1.74. The number of aromatic nitrogens is 1. The first kappa shape index (κ1) is 11.0. The van der Waals surface area contributed by atoms with E-state index in [9.17, 15) is 13.6 Å². The van der Waals surface area contributed by atoms with Crippen molar-refractivity contribution in [3.8, 4) is 6.07 Å². The molecule has 1 aromatic heterocycles. The van der Waals surface area contributed by atoms with E-state index in [0.29, 0.717) is 0 Å². The largest absolute Gasteiger partial charge is 0.481 e. The van der Waals surface area contributed by atoms with Crippen molar-refractivity contribution in [2.75, 3.05) is 0 Å². The van der Waals surface area contributed by atoms with Gasteiger partial charge in [0.2, 0.25) is 0 Å². The van der Waals surface area contributed by atoms with E-state index in [4.69, 9.17) is 10.4 Å². The maximum atomic E-state index is 12.4. The van der Waals surface area contributed by atoms with Gasteiger partial charge in [0.25, 0.3) is 6.43 Å². The van der Waals surface area contributed by atoms with Crippen LogP contribution in [-0.2, 0) is 11.2 Å². The summed E-state index contributed by atoms with van der Waals surface area (Å²) >= 11 is 0. The lowest BCUT2D eigenvalue weighted by molar-refractivity contribution is -0.136. The molecule has 0 radical (unpaired) electrons. The molecule has 6 heteroatoms. The SMILES string of the molecule is N#Cc1ccnc(C(F)F)c1CC(=O)O. The van der Waals surface area contributed by atoms with Gasteiger partial charge in [-0.1, -0.05) is 0 Å². The quantitative estimate of drug-likeness (QED) is 0.824. The predicted octanol–water partition coefficient (Wildman–Crippen LogP) is 1.52. The highest BCUT2D eigenvalue weighted by molar-refractivity contribution is 5.71. The summed E-state index contributed by atoms with van der Waals surface area (Å²) in [6.07, 6.45) is -2.45. The predicted molar refractivity (Wildman–Crippen MR) is 45.2 cm³/mol. The van der Waals surface area contributed by atoms with Gasteiger partial charge in [0.15, 0.2) is 0 Å². The van der Waals surface area contributed by atoms with Crippen LogP contribution in [0, 0.1) is 11.3 Å². The van der Waals surface area contributed by atoms with Crippen LogP contribution in [0.3, 0.4) is 0 Å². The molecule has 0 spiro atoms. The van der Waals surface area contributed by atoms with Crippen molar-refractivity contribution in [2.24, 2.45) is 0 Å². The van der Waals surface area contributed by atoms with Crippen molar-refractivity contribution in [3.05, 3.63) is 29.1 Å². The Kier molecular flexibility index (Phi) is 3.29. The van der Waals surface area contributed by atoms with E-state index in [0.717, 1.165) is 6.20 Å². The molecule has 1 heterocycles. The molecule has 4 nitrogen and oxygen atoms in total. The number of carboxylic acid groups (broad SMARTS) is 1. The lowest BCUT2D eigenvalue weighted by Crippen LogP contribution is -2.08. The molecular formula is C9H6F2N2O2. The number of pyridine rings is 1. The molecule has 1 rings (SSSR count). The zero-order valence-electron chi connectivity index (χ0n) is 7.44. The third-order valence-electron chi connectivity index (χ3n) is 1.74. The Labute approximate surface area is 83.8 Å². The van der Waals surface area contributed by atoms with Crippen LogP contribution in [0.15, 0.2) is 12.3 Å². The fourth-order valence-corrected chi connectivity index (χ4v) is 1.14. The van der Waals surface area contributed by atoms with Crippen LogP contribution in [0.1, 0.15) is 23.2 Å². The molecule has 0 aliphatic rings. The number of halogens is 2. The summed E-state index contributed by atoms with van der Waals surface area (Å²) in [5, 5.41) is 17.1. The number of carboxylic acids is 1. The molecule has 0 bridgehead atoms. The second-order valence-corrected chi connectivity index (χ2v) is 2.71.